The standard InChI is InChI=1S/C13H20N4O.HI/c14-13(17-8-2-1-3-9-17)16-7-10-18-12-5-4-6-15-11-12;/h4-6,11H,1-3,7-10H2,(H2,14,16);1H. The fraction of sp³-hybridized carbons (Fsp3) is 0.538. The van der Waals surface area contributed by atoms with Gasteiger partial charge in [-0.2, -0.15) is 0 Å². The van der Waals surface area contributed by atoms with Gasteiger partial charge in [0.15, 0.2) is 5.96 Å². The van der Waals surface area contributed by atoms with Gasteiger partial charge in [0.25, 0.3) is 0 Å². The molecule has 1 aromatic rings. The smallest absolute Gasteiger partial charge is 0.191 e. The number of hydrogen-bond donors (Lipinski definition) is 1. The largest absolute Gasteiger partial charge is 0.490 e. The number of aromatic nitrogens is 1. The summed E-state index contributed by atoms with van der Waals surface area (Å²) < 4.78 is 5.50. The van der Waals surface area contributed by atoms with Crippen molar-refractivity contribution in [3.63, 3.8) is 0 Å². The Morgan fingerprint density at radius 1 is 1.37 bits per heavy atom. The zero-order valence-electron chi connectivity index (χ0n) is 11.0. The predicted octanol–water partition coefficient (Wildman–Crippen LogP) is 1.88. The topological polar surface area (TPSA) is 63.7 Å². The number of nitrogens with zero attached hydrogens (tertiary/aromatic N) is 3. The number of guanidine groups is 1. The normalized spacial score (nSPS) is 15.8. The van der Waals surface area contributed by atoms with E-state index in [-0.39, 0.29) is 24.0 Å². The van der Waals surface area contributed by atoms with Crippen molar-refractivity contribution >= 4 is 29.9 Å². The van der Waals surface area contributed by atoms with Crippen LogP contribution in [-0.2, 0) is 0 Å². The zero-order valence-corrected chi connectivity index (χ0v) is 13.3. The first kappa shape index (κ1) is 16.0. The molecule has 106 valence electrons. The van der Waals surface area contributed by atoms with Crippen molar-refractivity contribution < 1.29 is 4.74 Å². The Kier molecular flexibility index (Phi) is 7.54. The minimum atomic E-state index is 0. The van der Waals surface area contributed by atoms with Gasteiger partial charge in [-0.05, 0) is 31.4 Å². The molecule has 0 spiro atoms. The molecule has 1 aromatic heterocycles. The van der Waals surface area contributed by atoms with Crippen LogP contribution >= 0.6 is 24.0 Å². The Morgan fingerprint density at radius 2 is 2.16 bits per heavy atom. The second-order valence-electron chi connectivity index (χ2n) is 4.32. The van der Waals surface area contributed by atoms with Crippen LogP contribution in [-0.4, -0.2) is 42.1 Å². The van der Waals surface area contributed by atoms with Crippen molar-refractivity contribution in [3.8, 4) is 5.75 Å². The van der Waals surface area contributed by atoms with Crippen LogP contribution in [0.2, 0.25) is 0 Å². The highest BCUT2D eigenvalue weighted by Crippen LogP contribution is 2.08. The lowest BCUT2D eigenvalue weighted by atomic mass is 10.1. The Bertz CT molecular complexity index is 379. The van der Waals surface area contributed by atoms with Crippen LogP contribution < -0.4 is 10.5 Å². The average molecular weight is 376 g/mol. The SMILES string of the molecule is I.NC(=NCCOc1cccnc1)N1CCCCC1. The van der Waals surface area contributed by atoms with Crippen molar-refractivity contribution in [3.05, 3.63) is 24.5 Å². The van der Waals surface area contributed by atoms with Gasteiger partial charge in [0.1, 0.15) is 12.4 Å². The lowest BCUT2D eigenvalue weighted by Gasteiger charge is -2.27. The van der Waals surface area contributed by atoms with E-state index in [0.29, 0.717) is 19.1 Å². The second kappa shape index (κ2) is 8.95. The first-order valence-electron chi connectivity index (χ1n) is 6.44. The van der Waals surface area contributed by atoms with Crippen LogP contribution in [0, 0.1) is 0 Å². The maximum atomic E-state index is 5.94. The number of pyridine rings is 1. The predicted molar refractivity (Wildman–Crippen MR) is 87.1 cm³/mol. The van der Waals surface area contributed by atoms with E-state index in [1.54, 1.807) is 12.4 Å². The molecule has 6 heteroatoms. The van der Waals surface area contributed by atoms with Gasteiger partial charge in [-0.3, -0.25) is 4.98 Å². The number of aliphatic imine (C=N–C) groups is 1. The number of piperidine rings is 1. The molecule has 0 aromatic carbocycles. The summed E-state index contributed by atoms with van der Waals surface area (Å²) in [6.45, 7) is 3.16. The van der Waals surface area contributed by atoms with Gasteiger partial charge < -0.3 is 15.4 Å². The molecule has 1 aliphatic rings. The van der Waals surface area contributed by atoms with Gasteiger partial charge in [-0.25, -0.2) is 4.99 Å². The van der Waals surface area contributed by atoms with E-state index < -0.39 is 0 Å². The number of rotatable bonds is 4. The monoisotopic (exact) mass is 376 g/mol. The second-order valence-corrected chi connectivity index (χ2v) is 4.32. The van der Waals surface area contributed by atoms with Crippen molar-refractivity contribution in [2.75, 3.05) is 26.2 Å². The summed E-state index contributed by atoms with van der Waals surface area (Å²) in [5.41, 5.74) is 5.94. The van der Waals surface area contributed by atoms with E-state index in [4.69, 9.17) is 10.5 Å². The molecule has 0 aliphatic carbocycles. The van der Waals surface area contributed by atoms with Crippen LogP contribution in [0.3, 0.4) is 0 Å². The van der Waals surface area contributed by atoms with E-state index in [0.717, 1.165) is 18.8 Å². The number of likely N-dealkylation sites (tertiary alicyclic amines) is 1. The van der Waals surface area contributed by atoms with Gasteiger partial charge in [0.2, 0.25) is 0 Å². The molecule has 1 fully saturated rings. The minimum absolute atomic E-state index is 0. The highest BCUT2D eigenvalue weighted by molar-refractivity contribution is 14.0. The molecule has 1 aliphatic heterocycles. The molecule has 0 radical (unpaired) electrons. The van der Waals surface area contributed by atoms with Gasteiger partial charge in [-0.15, -0.1) is 24.0 Å². The van der Waals surface area contributed by atoms with Crippen molar-refractivity contribution in [2.24, 2.45) is 10.7 Å². The fourth-order valence-corrected chi connectivity index (χ4v) is 1.98. The quantitative estimate of drug-likeness (QED) is 0.377. The van der Waals surface area contributed by atoms with Gasteiger partial charge >= 0.3 is 0 Å². The van der Waals surface area contributed by atoms with Crippen LogP contribution in [0.25, 0.3) is 0 Å². The van der Waals surface area contributed by atoms with Crippen LogP contribution in [0.5, 0.6) is 5.75 Å². The van der Waals surface area contributed by atoms with Gasteiger partial charge in [-0.1, -0.05) is 0 Å². The number of ether oxygens (including phenoxy) is 1. The third kappa shape index (κ3) is 5.63. The molecule has 2 heterocycles. The molecule has 5 nitrogen and oxygen atoms in total. The zero-order chi connectivity index (χ0) is 12.6. The molecular formula is C13H21IN4O. The highest BCUT2D eigenvalue weighted by Gasteiger charge is 2.11. The molecule has 2 N–H and O–H groups in total. The van der Waals surface area contributed by atoms with E-state index in [1.807, 2.05) is 12.1 Å². The molecule has 0 saturated carbocycles. The number of nitrogens with two attached hydrogens (primary N) is 1. The van der Waals surface area contributed by atoms with Crippen molar-refractivity contribution in [1.29, 1.82) is 0 Å². The fourth-order valence-electron chi connectivity index (χ4n) is 1.98. The maximum Gasteiger partial charge on any atom is 0.191 e. The molecule has 2 rings (SSSR count). The highest BCUT2D eigenvalue weighted by atomic mass is 127. The average Bonchev–Trinajstić information content (AvgIpc) is 2.45. The third-order valence-corrected chi connectivity index (χ3v) is 2.95. The third-order valence-electron chi connectivity index (χ3n) is 2.95. The molecule has 19 heavy (non-hydrogen) atoms. The minimum Gasteiger partial charge on any atom is -0.490 e. The lowest BCUT2D eigenvalue weighted by Crippen LogP contribution is -2.41. The summed E-state index contributed by atoms with van der Waals surface area (Å²) in [6, 6.07) is 3.73. The number of halogens is 1. The van der Waals surface area contributed by atoms with E-state index in [9.17, 15) is 0 Å². The maximum absolute atomic E-state index is 5.94. The van der Waals surface area contributed by atoms with Crippen LogP contribution in [0.1, 0.15) is 19.3 Å². The number of hydrogen-bond acceptors (Lipinski definition) is 3. The van der Waals surface area contributed by atoms with Crippen LogP contribution in [0.15, 0.2) is 29.5 Å². The van der Waals surface area contributed by atoms with E-state index in [2.05, 4.69) is 14.9 Å². The molecule has 0 bridgehead atoms. The summed E-state index contributed by atoms with van der Waals surface area (Å²) >= 11 is 0. The Morgan fingerprint density at radius 3 is 2.84 bits per heavy atom. The molecular weight excluding hydrogens is 355 g/mol. The van der Waals surface area contributed by atoms with Gasteiger partial charge in [0.05, 0.1) is 12.7 Å². The Hall–Kier alpha value is -1.05. The first-order chi connectivity index (χ1) is 8.86. The lowest BCUT2D eigenvalue weighted by molar-refractivity contribution is 0.320. The summed E-state index contributed by atoms with van der Waals surface area (Å²) in [5, 5.41) is 0. The van der Waals surface area contributed by atoms with Crippen molar-refractivity contribution in [2.45, 2.75) is 19.3 Å². The summed E-state index contributed by atoms with van der Waals surface area (Å²) in [6.07, 6.45) is 7.13. The first-order valence-corrected chi connectivity index (χ1v) is 6.44. The van der Waals surface area contributed by atoms with E-state index >= 15 is 0 Å². The summed E-state index contributed by atoms with van der Waals surface area (Å²) in [4.78, 5) is 10.5. The molecule has 1 saturated heterocycles. The Balaban J connectivity index is 0.00000180. The van der Waals surface area contributed by atoms with Gasteiger partial charge in [0, 0.05) is 19.3 Å². The van der Waals surface area contributed by atoms with Crippen LogP contribution in [0.4, 0.5) is 0 Å². The van der Waals surface area contributed by atoms with E-state index in [1.165, 1.54) is 19.3 Å². The molecule has 0 atom stereocenters. The summed E-state index contributed by atoms with van der Waals surface area (Å²) in [5.74, 6) is 1.41. The Labute approximate surface area is 131 Å². The summed E-state index contributed by atoms with van der Waals surface area (Å²) in [7, 11) is 0. The molecule has 0 amide bonds. The van der Waals surface area contributed by atoms with Crippen molar-refractivity contribution in [1.82, 2.24) is 9.88 Å². The molecule has 0 unspecified atom stereocenters.